The Morgan fingerprint density at radius 2 is 1.92 bits per heavy atom. The highest BCUT2D eigenvalue weighted by Crippen LogP contribution is 2.16. The van der Waals surface area contributed by atoms with Crippen molar-refractivity contribution in [1.82, 2.24) is 20.2 Å². The molecule has 0 spiro atoms. The Balaban J connectivity index is 1.50. The summed E-state index contributed by atoms with van der Waals surface area (Å²) in [5.74, 6) is 0.964. The highest BCUT2D eigenvalue weighted by molar-refractivity contribution is 5.88. The molecule has 0 aliphatic rings. The average Bonchev–Trinajstić information content (AvgIpc) is 3.10. The van der Waals surface area contributed by atoms with Crippen molar-refractivity contribution in [3.8, 4) is 17.1 Å². The highest BCUT2D eigenvalue weighted by Gasteiger charge is 2.11. The summed E-state index contributed by atoms with van der Waals surface area (Å²) in [5.41, 5.74) is 1.55. The van der Waals surface area contributed by atoms with Crippen molar-refractivity contribution in [2.24, 2.45) is 0 Å². The van der Waals surface area contributed by atoms with Crippen LogP contribution in [0.2, 0.25) is 0 Å². The van der Waals surface area contributed by atoms with E-state index in [9.17, 15) is 9.90 Å². The molecule has 0 saturated heterocycles. The number of carbonyl (C=O) groups excluding carboxylic acids is 1. The van der Waals surface area contributed by atoms with E-state index in [2.05, 4.69) is 20.7 Å². The standard InChI is InChI=1S/C18H19N5O3/c1-13(24)19-15-7-9-17(10-8-15)26-12-16(25)11-23-21-18(20-22-23)14-5-3-2-4-6-14/h2-10,16,25H,11-12H2,1H3,(H,19,24). The van der Waals surface area contributed by atoms with Gasteiger partial charge in [0.15, 0.2) is 0 Å². The summed E-state index contributed by atoms with van der Waals surface area (Å²) in [6, 6.07) is 16.4. The second-order valence-electron chi connectivity index (χ2n) is 5.70. The number of rotatable bonds is 7. The first-order valence-corrected chi connectivity index (χ1v) is 8.12. The lowest BCUT2D eigenvalue weighted by Crippen LogP contribution is -2.25. The molecule has 3 rings (SSSR count). The van der Waals surface area contributed by atoms with Crippen LogP contribution in [0.1, 0.15) is 6.92 Å². The van der Waals surface area contributed by atoms with Gasteiger partial charge in [-0.1, -0.05) is 30.3 Å². The minimum absolute atomic E-state index is 0.0850. The van der Waals surface area contributed by atoms with Gasteiger partial charge in [0.1, 0.15) is 18.5 Å². The van der Waals surface area contributed by atoms with Crippen LogP contribution in [-0.4, -0.2) is 43.9 Å². The number of nitrogens with zero attached hydrogens (tertiary/aromatic N) is 4. The number of aliphatic hydroxyl groups excluding tert-OH is 1. The number of benzene rings is 2. The molecule has 0 aliphatic heterocycles. The van der Waals surface area contributed by atoms with E-state index in [1.54, 1.807) is 24.3 Å². The molecule has 8 nitrogen and oxygen atoms in total. The first kappa shape index (κ1) is 17.6. The van der Waals surface area contributed by atoms with Crippen molar-refractivity contribution in [3.05, 3.63) is 54.6 Å². The van der Waals surface area contributed by atoms with Crippen molar-refractivity contribution in [2.45, 2.75) is 19.6 Å². The fourth-order valence-electron chi connectivity index (χ4n) is 2.29. The Morgan fingerprint density at radius 1 is 1.19 bits per heavy atom. The molecule has 0 bridgehead atoms. The van der Waals surface area contributed by atoms with Gasteiger partial charge in [-0.25, -0.2) is 0 Å². The number of aromatic nitrogens is 4. The summed E-state index contributed by atoms with van der Waals surface area (Å²) >= 11 is 0. The first-order chi connectivity index (χ1) is 12.6. The van der Waals surface area contributed by atoms with Gasteiger partial charge in [0, 0.05) is 18.2 Å². The van der Waals surface area contributed by atoms with Crippen molar-refractivity contribution in [1.29, 1.82) is 0 Å². The Bertz CT molecular complexity index is 849. The zero-order valence-corrected chi connectivity index (χ0v) is 14.2. The molecule has 0 aliphatic carbocycles. The highest BCUT2D eigenvalue weighted by atomic mass is 16.5. The lowest BCUT2D eigenvalue weighted by atomic mass is 10.2. The molecule has 2 aromatic carbocycles. The van der Waals surface area contributed by atoms with Crippen LogP contribution in [0, 0.1) is 0 Å². The molecule has 1 amide bonds. The second-order valence-corrected chi connectivity index (χ2v) is 5.70. The zero-order valence-electron chi connectivity index (χ0n) is 14.2. The fourth-order valence-corrected chi connectivity index (χ4v) is 2.29. The van der Waals surface area contributed by atoms with Crippen molar-refractivity contribution in [3.63, 3.8) is 0 Å². The van der Waals surface area contributed by atoms with Gasteiger partial charge >= 0.3 is 0 Å². The minimum atomic E-state index is -0.789. The normalized spacial score (nSPS) is 11.8. The maximum atomic E-state index is 11.0. The number of aliphatic hydroxyl groups is 1. The smallest absolute Gasteiger partial charge is 0.221 e. The molecule has 0 radical (unpaired) electrons. The summed E-state index contributed by atoms with van der Waals surface area (Å²) in [4.78, 5) is 12.3. The van der Waals surface area contributed by atoms with E-state index in [1.807, 2.05) is 30.3 Å². The Labute approximate surface area is 150 Å². The number of anilines is 1. The average molecular weight is 353 g/mol. The van der Waals surface area contributed by atoms with E-state index < -0.39 is 6.10 Å². The quantitative estimate of drug-likeness (QED) is 0.671. The molecule has 134 valence electrons. The van der Waals surface area contributed by atoms with Crippen LogP contribution in [0.15, 0.2) is 54.6 Å². The van der Waals surface area contributed by atoms with Gasteiger partial charge < -0.3 is 15.2 Å². The molecule has 3 aromatic rings. The van der Waals surface area contributed by atoms with Crippen molar-refractivity contribution < 1.29 is 14.6 Å². The van der Waals surface area contributed by atoms with E-state index in [-0.39, 0.29) is 19.1 Å². The van der Waals surface area contributed by atoms with Gasteiger partial charge in [0.05, 0.1) is 6.54 Å². The number of amides is 1. The number of tetrazole rings is 1. The third-order valence-corrected chi connectivity index (χ3v) is 3.48. The first-order valence-electron chi connectivity index (χ1n) is 8.12. The largest absolute Gasteiger partial charge is 0.491 e. The molecule has 0 fully saturated rings. The van der Waals surface area contributed by atoms with Crippen LogP contribution in [0.4, 0.5) is 5.69 Å². The van der Waals surface area contributed by atoms with Crippen LogP contribution < -0.4 is 10.1 Å². The number of hydrogen-bond donors (Lipinski definition) is 2. The van der Waals surface area contributed by atoms with Crippen LogP contribution in [0.3, 0.4) is 0 Å². The molecule has 1 unspecified atom stereocenters. The monoisotopic (exact) mass is 353 g/mol. The summed E-state index contributed by atoms with van der Waals surface area (Å²) < 4.78 is 5.54. The molecular formula is C18H19N5O3. The van der Waals surface area contributed by atoms with Gasteiger partial charge in [0.2, 0.25) is 11.7 Å². The second kappa shape index (κ2) is 8.21. The molecule has 1 heterocycles. The maximum absolute atomic E-state index is 11.0. The third kappa shape index (κ3) is 4.87. The molecule has 26 heavy (non-hydrogen) atoms. The van der Waals surface area contributed by atoms with E-state index in [0.29, 0.717) is 17.3 Å². The van der Waals surface area contributed by atoms with E-state index in [0.717, 1.165) is 5.56 Å². The Morgan fingerprint density at radius 3 is 2.62 bits per heavy atom. The van der Waals surface area contributed by atoms with E-state index >= 15 is 0 Å². The van der Waals surface area contributed by atoms with Crippen molar-refractivity contribution >= 4 is 11.6 Å². The van der Waals surface area contributed by atoms with Crippen LogP contribution in [-0.2, 0) is 11.3 Å². The van der Waals surface area contributed by atoms with Gasteiger partial charge in [-0.15, -0.1) is 10.2 Å². The summed E-state index contributed by atoms with van der Waals surface area (Å²) in [6.07, 6.45) is -0.789. The number of carbonyl (C=O) groups is 1. The Kier molecular flexibility index (Phi) is 5.55. The summed E-state index contributed by atoms with van der Waals surface area (Å²) in [6.45, 7) is 1.70. The van der Waals surface area contributed by atoms with Gasteiger partial charge in [0.25, 0.3) is 0 Å². The van der Waals surface area contributed by atoms with Crippen LogP contribution >= 0.6 is 0 Å². The lowest BCUT2D eigenvalue weighted by Gasteiger charge is -2.12. The van der Waals surface area contributed by atoms with Gasteiger partial charge in [-0.2, -0.15) is 4.80 Å². The van der Waals surface area contributed by atoms with Crippen molar-refractivity contribution in [2.75, 3.05) is 11.9 Å². The Hall–Kier alpha value is -3.26. The number of hydrogen-bond acceptors (Lipinski definition) is 6. The lowest BCUT2D eigenvalue weighted by molar-refractivity contribution is -0.114. The SMILES string of the molecule is CC(=O)Nc1ccc(OCC(O)Cn2nnc(-c3ccccc3)n2)cc1. The molecule has 8 heteroatoms. The van der Waals surface area contributed by atoms with E-state index in [1.165, 1.54) is 11.7 Å². The zero-order chi connectivity index (χ0) is 18.4. The maximum Gasteiger partial charge on any atom is 0.221 e. The molecule has 0 saturated carbocycles. The summed E-state index contributed by atoms with van der Waals surface area (Å²) in [7, 11) is 0. The van der Waals surface area contributed by atoms with E-state index in [4.69, 9.17) is 4.74 Å². The predicted octanol–water partition coefficient (Wildman–Crippen LogP) is 1.74. The number of nitrogens with one attached hydrogen (secondary N) is 1. The van der Waals surface area contributed by atoms with Gasteiger partial charge in [-0.05, 0) is 29.5 Å². The van der Waals surface area contributed by atoms with Crippen LogP contribution in [0.25, 0.3) is 11.4 Å². The topological polar surface area (TPSA) is 102 Å². The predicted molar refractivity (Wildman–Crippen MR) is 95.5 cm³/mol. The summed E-state index contributed by atoms with van der Waals surface area (Å²) in [5, 5.41) is 25.0. The number of ether oxygens (including phenoxy) is 1. The fraction of sp³-hybridized carbons (Fsp3) is 0.222. The van der Waals surface area contributed by atoms with Crippen LogP contribution in [0.5, 0.6) is 5.75 Å². The molecule has 1 aromatic heterocycles. The molecular weight excluding hydrogens is 334 g/mol. The minimum Gasteiger partial charge on any atom is -0.491 e. The molecule has 1 atom stereocenters. The third-order valence-electron chi connectivity index (χ3n) is 3.48. The van der Waals surface area contributed by atoms with Gasteiger partial charge in [-0.3, -0.25) is 4.79 Å². The molecule has 2 N–H and O–H groups in total.